The molecular weight excluding hydrogens is 156 g/mol. The Balaban J connectivity index is 4.05. The zero-order valence-electron chi connectivity index (χ0n) is 5.61. The van der Waals surface area contributed by atoms with Gasteiger partial charge in [-0.3, -0.25) is 4.55 Å². The number of rotatable bonds is 3. The molecule has 0 saturated heterocycles. The Hall–Kier alpha value is -0.390. The van der Waals surface area contributed by atoms with Gasteiger partial charge in [0, 0.05) is 0 Å². The molecule has 0 spiro atoms. The molecule has 0 aromatic rings. The van der Waals surface area contributed by atoms with Gasteiger partial charge in [-0.25, -0.2) is 0 Å². The molecular formula is C5H10O4S. The smallest absolute Gasteiger partial charge is 0.268 e. The summed E-state index contributed by atoms with van der Waals surface area (Å²) in [5.41, 5.74) is 0.435. The quantitative estimate of drug-likeness (QED) is 0.450. The van der Waals surface area contributed by atoms with Crippen molar-refractivity contribution in [2.75, 3.05) is 12.4 Å². The summed E-state index contributed by atoms with van der Waals surface area (Å²) >= 11 is 0. The second-order valence-electron chi connectivity index (χ2n) is 1.96. The lowest BCUT2D eigenvalue weighted by Gasteiger charge is -1.94. The van der Waals surface area contributed by atoms with Gasteiger partial charge in [-0.1, -0.05) is 11.6 Å². The fourth-order valence-electron chi connectivity index (χ4n) is 0.502. The summed E-state index contributed by atoms with van der Waals surface area (Å²) in [6.45, 7) is 1.31. The van der Waals surface area contributed by atoms with Crippen molar-refractivity contribution in [2.24, 2.45) is 0 Å². The molecule has 0 heterocycles. The number of aliphatic hydroxyl groups excluding tert-OH is 1. The molecule has 0 saturated carbocycles. The van der Waals surface area contributed by atoms with Crippen LogP contribution in [0, 0.1) is 0 Å². The van der Waals surface area contributed by atoms with E-state index < -0.39 is 15.9 Å². The molecule has 10 heavy (non-hydrogen) atoms. The average molecular weight is 166 g/mol. The van der Waals surface area contributed by atoms with Crippen LogP contribution in [0.4, 0.5) is 0 Å². The number of hydrogen-bond acceptors (Lipinski definition) is 3. The monoisotopic (exact) mass is 166 g/mol. The minimum atomic E-state index is -3.92. The number of aliphatic hydroxyl groups is 1. The molecule has 0 unspecified atom stereocenters. The summed E-state index contributed by atoms with van der Waals surface area (Å²) in [6.07, 6.45) is 1.33. The molecule has 5 heteroatoms. The highest BCUT2D eigenvalue weighted by molar-refractivity contribution is 7.85. The van der Waals surface area contributed by atoms with Crippen LogP contribution < -0.4 is 0 Å². The summed E-state index contributed by atoms with van der Waals surface area (Å²) in [5.74, 6) is -0.409. The van der Waals surface area contributed by atoms with Gasteiger partial charge in [0.2, 0.25) is 0 Å². The van der Waals surface area contributed by atoms with Crippen LogP contribution in [0.1, 0.15) is 6.92 Å². The van der Waals surface area contributed by atoms with Gasteiger partial charge in [-0.2, -0.15) is 8.42 Å². The van der Waals surface area contributed by atoms with E-state index in [4.69, 9.17) is 9.66 Å². The first-order valence-corrected chi connectivity index (χ1v) is 4.28. The minimum Gasteiger partial charge on any atom is -0.392 e. The molecule has 0 aliphatic heterocycles. The van der Waals surface area contributed by atoms with Crippen LogP contribution in [-0.4, -0.2) is 30.4 Å². The Kier molecular flexibility index (Phi) is 3.55. The molecule has 0 aliphatic carbocycles. The van der Waals surface area contributed by atoms with Crippen molar-refractivity contribution in [3.63, 3.8) is 0 Å². The second kappa shape index (κ2) is 3.70. The maximum atomic E-state index is 10.1. The molecule has 0 fully saturated rings. The van der Waals surface area contributed by atoms with E-state index in [2.05, 4.69) is 0 Å². The van der Waals surface area contributed by atoms with Crippen LogP contribution in [0.25, 0.3) is 0 Å². The average Bonchev–Trinajstić information content (AvgIpc) is 1.59. The third-order valence-corrected chi connectivity index (χ3v) is 1.67. The van der Waals surface area contributed by atoms with E-state index in [0.29, 0.717) is 5.57 Å². The normalized spacial score (nSPS) is 13.7. The Morgan fingerprint density at radius 1 is 1.60 bits per heavy atom. The van der Waals surface area contributed by atoms with Gasteiger partial charge >= 0.3 is 0 Å². The van der Waals surface area contributed by atoms with Crippen LogP contribution in [-0.2, 0) is 10.1 Å². The Labute approximate surface area is 59.9 Å². The molecule has 0 bridgehead atoms. The van der Waals surface area contributed by atoms with Crippen molar-refractivity contribution >= 4 is 10.1 Å². The predicted molar refractivity (Wildman–Crippen MR) is 37.3 cm³/mol. The molecule has 0 aromatic heterocycles. The zero-order valence-corrected chi connectivity index (χ0v) is 6.43. The van der Waals surface area contributed by atoms with Crippen molar-refractivity contribution in [1.82, 2.24) is 0 Å². The van der Waals surface area contributed by atoms with Crippen molar-refractivity contribution in [1.29, 1.82) is 0 Å². The topological polar surface area (TPSA) is 74.6 Å². The maximum Gasteiger partial charge on any atom is 0.268 e. The highest BCUT2D eigenvalue weighted by Gasteiger charge is 2.03. The predicted octanol–water partition coefficient (Wildman–Crippen LogP) is -0.187. The van der Waals surface area contributed by atoms with Crippen LogP contribution >= 0.6 is 0 Å². The second-order valence-corrected chi connectivity index (χ2v) is 3.41. The number of hydrogen-bond donors (Lipinski definition) is 2. The van der Waals surface area contributed by atoms with Gasteiger partial charge in [0.15, 0.2) is 0 Å². The lowest BCUT2D eigenvalue weighted by Crippen LogP contribution is -2.04. The standard InChI is InChI=1S/C5H10O4S/c1-5(2-3-6)4-10(7,8)9/h2,6H,3-4H2,1H3,(H,7,8,9)/b5-2+. The summed E-state index contributed by atoms with van der Waals surface area (Å²) in [5, 5.41) is 8.28. The Bertz CT molecular complexity index is 214. The summed E-state index contributed by atoms with van der Waals surface area (Å²) in [4.78, 5) is 0. The van der Waals surface area contributed by atoms with Gasteiger partial charge in [0.25, 0.3) is 10.1 Å². The van der Waals surface area contributed by atoms with Crippen LogP contribution in [0.5, 0.6) is 0 Å². The summed E-state index contributed by atoms with van der Waals surface area (Å²) in [6, 6.07) is 0. The maximum absolute atomic E-state index is 10.1. The zero-order chi connectivity index (χ0) is 8.20. The first kappa shape index (κ1) is 9.61. The summed E-state index contributed by atoms with van der Waals surface area (Å²) in [7, 11) is -3.92. The van der Waals surface area contributed by atoms with E-state index in [0.717, 1.165) is 0 Å². The lowest BCUT2D eigenvalue weighted by atomic mass is 10.3. The van der Waals surface area contributed by atoms with Gasteiger partial charge in [-0.15, -0.1) is 0 Å². The molecule has 0 amide bonds. The molecule has 4 nitrogen and oxygen atoms in total. The van der Waals surface area contributed by atoms with Crippen LogP contribution in [0.3, 0.4) is 0 Å². The molecule has 0 rings (SSSR count). The third-order valence-electron chi connectivity index (χ3n) is 0.850. The van der Waals surface area contributed by atoms with E-state index in [1.165, 1.54) is 13.0 Å². The van der Waals surface area contributed by atoms with Crippen LogP contribution in [0.15, 0.2) is 11.6 Å². The van der Waals surface area contributed by atoms with Crippen molar-refractivity contribution in [2.45, 2.75) is 6.92 Å². The lowest BCUT2D eigenvalue weighted by molar-refractivity contribution is 0.342. The molecule has 0 radical (unpaired) electrons. The largest absolute Gasteiger partial charge is 0.392 e. The highest BCUT2D eigenvalue weighted by Crippen LogP contribution is 1.95. The van der Waals surface area contributed by atoms with E-state index >= 15 is 0 Å². The van der Waals surface area contributed by atoms with Crippen molar-refractivity contribution in [3.05, 3.63) is 11.6 Å². The van der Waals surface area contributed by atoms with Crippen molar-refractivity contribution in [3.8, 4) is 0 Å². The van der Waals surface area contributed by atoms with E-state index in [1.807, 2.05) is 0 Å². The minimum absolute atomic E-state index is 0.207. The van der Waals surface area contributed by atoms with Crippen LogP contribution in [0.2, 0.25) is 0 Å². The first-order valence-electron chi connectivity index (χ1n) is 2.67. The molecule has 0 aliphatic rings. The Morgan fingerprint density at radius 2 is 2.10 bits per heavy atom. The molecule has 60 valence electrons. The Morgan fingerprint density at radius 3 is 2.40 bits per heavy atom. The van der Waals surface area contributed by atoms with E-state index in [-0.39, 0.29) is 6.61 Å². The SMILES string of the molecule is C/C(=C\CO)CS(=O)(=O)O. The molecule has 0 atom stereocenters. The van der Waals surface area contributed by atoms with Crippen molar-refractivity contribution < 1.29 is 18.1 Å². The van der Waals surface area contributed by atoms with Gasteiger partial charge in [-0.05, 0) is 6.92 Å². The summed E-state index contributed by atoms with van der Waals surface area (Å²) < 4.78 is 28.6. The van der Waals surface area contributed by atoms with Gasteiger partial charge in [0.1, 0.15) is 0 Å². The molecule has 0 aromatic carbocycles. The van der Waals surface area contributed by atoms with E-state index in [9.17, 15) is 8.42 Å². The third kappa shape index (κ3) is 5.74. The highest BCUT2D eigenvalue weighted by atomic mass is 32.2. The fraction of sp³-hybridized carbons (Fsp3) is 0.600. The fourth-order valence-corrected chi connectivity index (χ4v) is 1.20. The van der Waals surface area contributed by atoms with Gasteiger partial charge < -0.3 is 5.11 Å². The first-order chi connectivity index (χ1) is 4.45. The molecule has 2 N–H and O–H groups in total. The van der Waals surface area contributed by atoms with E-state index in [1.54, 1.807) is 0 Å². The van der Waals surface area contributed by atoms with Gasteiger partial charge in [0.05, 0.1) is 12.4 Å².